The summed E-state index contributed by atoms with van der Waals surface area (Å²) in [5.41, 5.74) is 3.67. The zero-order valence-electron chi connectivity index (χ0n) is 12.8. The van der Waals surface area contributed by atoms with Gasteiger partial charge in [0, 0.05) is 13.0 Å². The lowest BCUT2D eigenvalue weighted by Gasteiger charge is -2.36. The third-order valence-electron chi connectivity index (χ3n) is 3.97. The number of rotatable bonds is 4. The van der Waals surface area contributed by atoms with Gasteiger partial charge < -0.3 is 9.64 Å². The van der Waals surface area contributed by atoms with Crippen molar-refractivity contribution in [3.8, 4) is 11.8 Å². The van der Waals surface area contributed by atoms with Crippen LogP contribution in [0.3, 0.4) is 0 Å². The number of benzene rings is 2. The number of nitrogens with zero attached hydrogens (tertiary/aromatic N) is 2. The molecule has 3 heteroatoms. The third-order valence-corrected chi connectivity index (χ3v) is 3.97. The summed E-state index contributed by atoms with van der Waals surface area (Å²) in [7, 11) is 0. The fraction of sp³-hybridized carbons (Fsp3) is 0.316. The van der Waals surface area contributed by atoms with Crippen LogP contribution < -0.4 is 9.64 Å². The van der Waals surface area contributed by atoms with Gasteiger partial charge in [-0.3, -0.25) is 0 Å². The van der Waals surface area contributed by atoms with Crippen LogP contribution in [0.4, 0.5) is 5.69 Å². The van der Waals surface area contributed by atoms with E-state index < -0.39 is 0 Å². The van der Waals surface area contributed by atoms with Crippen molar-refractivity contribution in [1.29, 1.82) is 5.26 Å². The van der Waals surface area contributed by atoms with Crippen molar-refractivity contribution in [3.63, 3.8) is 0 Å². The second-order valence-electron chi connectivity index (χ2n) is 5.77. The SMILES string of the molecule is Cc1ccc2c(c1)N(Cc1ccccc1)C[C@H](CCC#N)O2. The van der Waals surface area contributed by atoms with Crippen LogP contribution in [0.25, 0.3) is 0 Å². The molecular weight excluding hydrogens is 272 g/mol. The molecule has 0 aromatic heterocycles. The van der Waals surface area contributed by atoms with E-state index in [1.54, 1.807) is 0 Å². The number of hydrogen-bond acceptors (Lipinski definition) is 3. The summed E-state index contributed by atoms with van der Waals surface area (Å²) in [6.45, 7) is 3.79. The van der Waals surface area contributed by atoms with E-state index in [0.717, 1.165) is 30.9 Å². The van der Waals surface area contributed by atoms with Gasteiger partial charge in [-0.25, -0.2) is 0 Å². The lowest BCUT2D eigenvalue weighted by atomic mass is 10.1. The fourth-order valence-electron chi connectivity index (χ4n) is 2.86. The van der Waals surface area contributed by atoms with E-state index in [1.807, 2.05) is 12.1 Å². The molecule has 112 valence electrons. The Bertz CT molecular complexity index is 676. The van der Waals surface area contributed by atoms with Gasteiger partial charge in [0.05, 0.1) is 18.3 Å². The maximum absolute atomic E-state index is 8.81. The van der Waals surface area contributed by atoms with Crippen molar-refractivity contribution >= 4 is 5.69 Å². The van der Waals surface area contributed by atoms with Gasteiger partial charge in [0.15, 0.2) is 0 Å². The van der Waals surface area contributed by atoms with Crippen LogP contribution in [-0.4, -0.2) is 12.6 Å². The molecule has 0 aliphatic carbocycles. The first kappa shape index (κ1) is 14.5. The molecule has 1 heterocycles. The highest BCUT2D eigenvalue weighted by Crippen LogP contribution is 2.36. The molecule has 2 aromatic carbocycles. The van der Waals surface area contributed by atoms with Gasteiger partial charge in [-0.15, -0.1) is 0 Å². The maximum Gasteiger partial charge on any atom is 0.143 e. The van der Waals surface area contributed by atoms with E-state index in [2.05, 4.69) is 54.3 Å². The molecule has 3 nitrogen and oxygen atoms in total. The van der Waals surface area contributed by atoms with Crippen LogP contribution in [0.2, 0.25) is 0 Å². The molecule has 3 rings (SSSR count). The van der Waals surface area contributed by atoms with E-state index in [-0.39, 0.29) is 6.10 Å². The molecule has 2 aromatic rings. The molecule has 22 heavy (non-hydrogen) atoms. The summed E-state index contributed by atoms with van der Waals surface area (Å²) in [4.78, 5) is 2.36. The van der Waals surface area contributed by atoms with E-state index in [0.29, 0.717) is 6.42 Å². The molecule has 0 radical (unpaired) electrons. The van der Waals surface area contributed by atoms with Crippen LogP contribution in [0.1, 0.15) is 24.0 Å². The molecule has 0 saturated carbocycles. The van der Waals surface area contributed by atoms with Crippen molar-refractivity contribution in [2.45, 2.75) is 32.4 Å². The summed E-state index contributed by atoms with van der Waals surface area (Å²) < 4.78 is 6.06. The molecule has 0 spiro atoms. The first-order valence-electron chi connectivity index (χ1n) is 7.69. The average molecular weight is 292 g/mol. The van der Waals surface area contributed by atoms with Crippen LogP contribution in [0.15, 0.2) is 48.5 Å². The molecule has 1 atom stereocenters. The molecule has 0 fully saturated rings. The Balaban J connectivity index is 1.86. The Morgan fingerprint density at radius 3 is 2.82 bits per heavy atom. The topological polar surface area (TPSA) is 36.3 Å². The predicted octanol–water partition coefficient (Wildman–Crippen LogP) is 4.07. The normalized spacial score (nSPS) is 16.5. The van der Waals surface area contributed by atoms with Crippen LogP contribution in [0, 0.1) is 18.3 Å². The minimum Gasteiger partial charge on any atom is -0.486 e. The molecule has 0 unspecified atom stereocenters. The van der Waals surface area contributed by atoms with Crippen LogP contribution >= 0.6 is 0 Å². The summed E-state index contributed by atoms with van der Waals surface area (Å²) in [6.07, 6.45) is 1.39. The van der Waals surface area contributed by atoms with E-state index >= 15 is 0 Å². The van der Waals surface area contributed by atoms with Crippen molar-refractivity contribution < 1.29 is 4.74 Å². The average Bonchev–Trinajstić information content (AvgIpc) is 2.54. The van der Waals surface area contributed by atoms with E-state index in [1.165, 1.54) is 11.1 Å². The van der Waals surface area contributed by atoms with E-state index in [4.69, 9.17) is 10.00 Å². The number of fused-ring (bicyclic) bond motifs is 1. The van der Waals surface area contributed by atoms with Gasteiger partial charge >= 0.3 is 0 Å². The monoisotopic (exact) mass is 292 g/mol. The smallest absolute Gasteiger partial charge is 0.143 e. The first-order chi connectivity index (χ1) is 10.8. The molecule has 0 amide bonds. The summed E-state index contributed by atoms with van der Waals surface area (Å²) in [5.74, 6) is 0.927. The largest absolute Gasteiger partial charge is 0.486 e. The van der Waals surface area contributed by atoms with Gasteiger partial charge in [0.25, 0.3) is 0 Å². The Kier molecular flexibility index (Phi) is 4.29. The zero-order valence-corrected chi connectivity index (χ0v) is 12.8. The van der Waals surface area contributed by atoms with Crippen LogP contribution in [0.5, 0.6) is 5.75 Å². The number of hydrogen-bond donors (Lipinski definition) is 0. The molecule has 0 N–H and O–H groups in total. The van der Waals surface area contributed by atoms with Crippen molar-refractivity contribution in [1.82, 2.24) is 0 Å². The second-order valence-corrected chi connectivity index (χ2v) is 5.77. The van der Waals surface area contributed by atoms with Gasteiger partial charge in [0.2, 0.25) is 0 Å². The Hall–Kier alpha value is -2.47. The highest BCUT2D eigenvalue weighted by Gasteiger charge is 2.25. The lowest BCUT2D eigenvalue weighted by molar-refractivity contribution is 0.184. The molecule has 0 saturated heterocycles. The summed E-state index contributed by atoms with van der Waals surface area (Å²) in [5, 5.41) is 8.81. The van der Waals surface area contributed by atoms with Crippen molar-refractivity contribution in [2.75, 3.05) is 11.4 Å². The third kappa shape index (κ3) is 3.23. The predicted molar refractivity (Wildman–Crippen MR) is 87.9 cm³/mol. The molecule has 1 aliphatic rings. The Morgan fingerprint density at radius 2 is 2.05 bits per heavy atom. The second kappa shape index (κ2) is 6.53. The number of aryl methyl sites for hydroxylation is 1. The van der Waals surface area contributed by atoms with Crippen molar-refractivity contribution in [3.05, 3.63) is 59.7 Å². The fourth-order valence-corrected chi connectivity index (χ4v) is 2.86. The number of anilines is 1. The quantitative estimate of drug-likeness (QED) is 0.852. The highest BCUT2D eigenvalue weighted by atomic mass is 16.5. The van der Waals surface area contributed by atoms with Gasteiger partial charge in [-0.2, -0.15) is 5.26 Å². The Labute approximate surface area is 131 Å². The summed E-state index contributed by atoms with van der Waals surface area (Å²) in [6, 6.07) is 19.0. The van der Waals surface area contributed by atoms with E-state index in [9.17, 15) is 0 Å². The number of ether oxygens (including phenoxy) is 1. The molecular formula is C19H20N2O. The first-order valence-corrected chi connectivity index (χ1v) is 7.69. The van der Waals surface area contributed by atoms with Gasteiger partial charge in [0.1, 0.15) is 11.9 Å². The summed E-state index contributed by atoms with van der Waals surface area (Å²) >= 11 is 0. The van der Waals surface area contributed by atoms with Gasteiger partial charge in [-0.05, 0) is 36.6 Å². The van der Waals surface area contributed by atoms with Crippen molar-refractivity contribution in [2.24, 2.45) is 0 Å². The maximum atomic E-state index is 8.81. The highest BCUT2D eigenvalue weighted by molar-refractivity contribution is 5.61. The van der Waals surface area contributed by atoms with Gasteiger partial charge in [-0.1, -0.05) is 36.4 Å². The minimum absolute atomic E-state index is 0.0820. The standard InChI is InChI=1S/C19H20N2O/c1-15-9-10-19-18(12-15)21(13-16-6-3-2-4-7-16)14-17(22-19)8-5-11-20/h2-4,6-7,9-10,12,17H,5,8,13-14H2,1H3/t17-/m0/s1. The van der Waals surface area contributed by atoms with Crippen LogP contribution in [-0.2, 0) is 6.54 Å². The Morgan fingerprint density at radius 1 is 1.23 bits per heavy atom. The molecule has 0 bridgehead atoms. The zero-order chi connectivity index (χ0) is 15.4. The minimum atomic E-state index is 0.0820. The number of nitriles is 1. The molecule has 1 aliphatic heterocycles. The lowest BCUT2D eigenvalue weighted by Crippen LogP contribution is -2.39.